The zero-order valence-electron chi connectivity index (χ0n) is 11.5. The number of nitrogens with zero attached hydrogens (tertiary/aromatic N) is 1. The predicted octanol–water partition coefficient (Wildman–Crippen LogP) is 1.55. The number of hydrogen-bond acceptors (Lipinski definition) is 3. The maximum absolute atomic E-state index is 12.0. The molecule has 2 aliphatic rings. The summed E-state index contributed by atoms with van der Waals surface area (Å²) in [6.45, 7) is 2.83. The van der Waals surface area contributed by atoms with Gasteiger partial charge in [0.1, 0.15) is 0 Å². The lowest BCUT2D eigenvalue weighted by Crippen LogP contribution is -2.38. The van der Waals surface area contributed by atoms with E-state index in [1.807, 2.05) is 11.9 Å². The Kier molecular flexibility index (Phi) is 5.45. The van der Waals surface area contributed by atoms with Gasteiger partial charge in [-0.15, -0.1) is 0 Å². The molecule has 0 saturated carbocycles. The fourth-order valence-corrected chi connectivity index (χ4v) is 2.80. The van der Waals surface area contributed by atoms with Crippen molar-refractivity contribution in [3.8, 4) is 0 Å². The molecule has 0 aromatic carbocycles. The van der Waals surface area contributed by atoms with Crippen molar-refractivity contribution in [2.75, 3.05) is 26.7 Å². The van der Waals surface area contributed by atoms with Crippen molar-refractivity contribution in [2.45, 2.75) is 57.1 Å². The minimum Gasteiger partial charge on any atom is -0.378 e. The van der Waals surface area contributed by atoms with Gasteiger partial charge in [0.2, 0.25) is 5.91 Å². The van der Waals surface area contributed by atoms with E-state index in [0.717, 1.165) is 39.0 Å². The highest BCUT2D eigenvalue weighted by atomic mass is 16.5. The largest absolute Gasteiger partial charge is 0.378 e. The molecule has 18 heavy (non-hydrogen) atoms. The quantitative estimate of drug-likeness (QED) is 0.809. The van der Waals surface area contributed by atoms with E-state index in [-0.39, 0.29) is 12.0 Å². The lowest BCUT2D eigenvalue weighted by atomic mass is 10.0. The molecule has 1 N–H and O–H groups in total. The Labute approximate surface area is 110 Å². The van der Waals surface area contributed by atoms with Crippen LogP contribution in [-0.4, -0.2) is 49.7 Å². The maximum atomic E-state index is 12.0. The van der Waals surface area contributed by atoms with Crippen LogP contribution in [-0.2, 0) is 9.53 Å². The second kappa shape index (κ2) is 7.10. The SMILES string of the molecule is CN(CCC1CCCCN1)C(=O)CC1CCCO1. The van der Waals surface area contributed by atoms with Crippen molar-refractivity contribution in [1.29, 1.82) is 0 Å². The Morgan fingerprint density at radius 2 is 2.22 bits per heavy atom. The van der Waals surface area contributed by atoms with Gasteiger partial charge in [-0.05, 0) is 38.6 Å². The molecule has 0 aliphatic carbocycles. The van der Waals surface area contributed by atoms with Crippen LogP contribution >= 0.6 is 0 Å². The van der Waals surface area contributed by atoms with E-state index in [1.54, 1.807) is 0 Å². The van der Waals surface area contributed by atoms with Gasteiger partial charge in [0.05, 0.1) is 12.5 Å². The van der Waals surface area contributed by atoms with Gasteiger partial charge in [-0.25, -0.2) is 0 Å². The smallest absolute Gasteiger partial charge is 0.224 e. The van der Waals surface area contributed by atoms with E-state index >= 15 is 0 Å². The summed E-state index contributed by atoms with van der Waals surface area (Å²) in [6.07, 6.45) is 7.84. The highest BCUT2D eigenvalue weighted by molar-refractivity contribution is 5.76. The average molecular weight is 254 g/mol. The van der Waals surface area contributed by atoms with Crippen molar-refractivity contribution in [1.82, 2.24) is 10.2 Å². The zero-order chi connectivity index (χ0) is 12.8. The van der Waals surface area contributed by atoms with Gasteiger partial charge >= 0.3 is 0 Å². The van der Waals surface area contributed by atoms with Crippen molar-refractivity contribution in [3.63, 3.8) is 0 Å². The van der Waals surface area contributed by atoms with E-state index in [1.165, 1.54) is 19.3 Å². The molecule has 2 atom stereocenters. The zero-order valence-corrected chi connectivity index (χ0v) is 11.5. The van der Waals surface area contributed by atoms with Crippen LogP contribution in [0.25, 0.3) is 0 Å². The van der Waals surface area contributed by atoms with Crippen molar-refractivity contribution < 1.29 is 9.53 Å². The van der Waals surface area contributed by atoms with Crippen LogP contribution in [0.1, 0.15) is 44.9 Å². The first kappa shape index (κ1) is 13.8. The first-order valence-electron chi connectivity index (χ1n) is 7.34. The molecule has 0 radical (unpaired) electrons. The first-order chi connectivity index (χ1) is 8.75. The summed E-state index contributed by atoms with van der Waals surface area (Å²) in [7, 11) is 1.92. The van der Waals surface area contributed by atoms with Gasteiger partial charge in [-0.3, -0.25) is 4.79 Å². The summed E-state index contributed by atoms with van der Waals surface area (Å²) in [6, 6.07) is 0.608. The summed E-state index contributed by atoms with van der Waals surface area (Å²) in [5.74, 6) is 0.234. The molecule has 2 aliphatic heterocycles. The van der Waals surface area contributed by atoms with Gasteiger partial charge in [-0.1, -0.05) is 6.42 Å². The molecule has 4 nitrogen and oxygen atoms in total. The van der Waals surface area contributed by atoms with Crippen LogP contribution in [0.5, 0.6) is 0 Å². The Balaban J connectivity index is 1.63. The monoisotopic (exact) mass is 254 g/mol. The summed E-state index contributed by atoms with van der Waals surface area (Å²) >= 11 is 0. The first-order valence-corrected chi connectivity index (χ1v) is 7.34. The number of amides is 1. The molecule has 2 heterocycles. The van der Waals surface area contributed by atoms with Crippen LogP contribution in [0.2, 0.25) is 0 Å². The van der Waals surface area contributed by atoms with Gasteiger partial charge in [-0.2, -0.15) is 0 Å². The van der Waals surface area contributed by atoms with Crippen LogP contribution in [0.15, 0.2) is 0 Å². The summed E-state index contributed by atoms with van der Waals surface area (Å²) < 4.78 is 5.51. The second-order valence-corrected chi connectivity index (χ2v) is 5.59. The Morgan fingerprint density at radius 3 is 2.89 bits per heavy atom. The molecule has 1 amide bonds. The second-order valence-electron chi connectivity index (χ2n) is 5.59. The Bertz CT molecular complexity index is 259. The summed E-state index contributed by atoms with van der Waals surface area (Å²) in [5, 5.41) is 3.52. The van der Waals surface area contributed by atoms with E-state index in [2.05, 4.69) is 5.32 Å². The van der Waals surface area contributed by atoms with Crippen LogP contribution in [0.3, 0.4) is 0 Å². The molecular formula is C14H26N2O2. The van der Waals surface area contributed by atoms with Gasteiger partial charge in [0.15, 0.2) is 0 Å². The van der Waals surface area contributed by atoms with E-state index in [0.29, 0.717) is 12.5 Å². The van der Waals surface area contributed by atoms with Gasteiger partial charge in [0.25, 0.3) is 0 Å². The number of piperidine rings is 1. The minimum absolute atomic E-state index is 0.174. The fourth-order valence-electron chi connectivity index (χ4n) is 2.80. The van der Waals surface area contributed by atoms with Crippen molar-refractivity contribution in [3.05, 3.63) is 0 Å². The number of rotatable bonds is 5. The number of nitrogens with one attached hydrogen (secondary N) is 1. The van der Waals surface area contributed by atoms with Crippen LogP contribution in [0.4, 0.5) is 0 Å². The summed E-state index contributed by atoms with van der Waals surface area (Å²) in [5.41, 5.74) is 0. The number of hydrogen-bond donors (Lipinski definition) is 1. The molecule has 104 valence electrons. The van der Waals surface area contributed by atoms with Gasteiger partial charge < -0.3 is 15.0 Å². The van der Waals surface area contributed by atoms with Crippen molar-refractivity contribution in [2.24, 2.45) is 0 Å². The number of ether oxygens (including phenoxy) is 1. The summed E-state index contributed by atoms with van der Waals surface area (Å²) in [4.78, 5) is 13.9. The Hall–Kier alpha value is -0.610. The molecular weight excluding hydrogens is 228 g/mol. The lowest BCUT2D eigenvalue weighted by molar-refractivity contribution is -0.132. The Morgan fingerprint density at radius 1 is 1.33 bits per heavy atom. The molecule has 0 spiro atoms. The molecule has 0 aromatic rings. The number of carbonyl (C=O) groups is 1. The normalized spacial score (nSPS) is 28.3. The molecule has 0 bridgehead atoms. The standard InChI is InChI=1S/C14H26N2O2/c1-16(9-7-12-5-2-3-8-15-12)14(17)11-13-6-4-10-18-13/h12-13,15H,2-11H2,1H3. The highest BCUT2D eigenvalue weighted by Gasteiger charge is 2.21. The lowest BCUT2D eigenvalue weighted by Gasteiger charge is -2.26. The highest BCUT2D eigenvalue weighted by Crippen LogP contribution is 2.16. The molecule has 2 unspecified atom stereocenters. The predicted molar refractivity (Wildman–Crippen MR) is 71.5 cm³/mol. The van der Waals surface area contributed by atoms with Gasteiger partial charge in [0, 0.05) is 26.2 Å². The molecule has 2 rings (SSSR count). The molecule has 0 aromatic heterocycles. The topological polar surface area (TPSA) is 41.6 Å². The average Bonchev–Trinajstić information content (AvgIpc) is 2.90. The number of carbonyl (C=O) groups excluding carboxylic acids is 1. The third-order valence-corrected chi connectivity index (χ3v) is 4.08. The van der Waals surface area contributed by atoms with E-state index in [9.17, 15) is 4.79 Å². The van der Waals surface area contributed by atoms with E-state index in [4.69, 9.17) is 4.74 Å². The fraction of sp³-hybridized carbons (Fsp3) is 0.929. The minimum atomic E-state index is 0.174. The van der Waals surface area contributed by atoms with Crippen LogP contribution in [0, 0.1) is 0 Å². The molecule has 4 heteroatoms. The van der Waals surface area contributed by atoms with E-state index < -0.39 is 0 Å². The third kappa shape index (κ3) is 4.25. The van der Waals surface area contributed by atoms with Crippen LogP contribution < -0.4 is 5.32 Å². The van der Waals surface area contributed by atoms with Crippen molar-refractivity contribution >= 4 is 5.91 Å². The molecule has 2 fully saturated rings. The third-order valence-electron chi connectivity index (χ3n) is 4.08. The maximum Gasteiger partial charge on any atom is 0.224 e. The molecule has 2 saturated heterocycles.